The number of aromatic nitrogens is 4. The van der Waals surface area contributed by atoms with Gasteiger partial charge in [0.25, 0.3) is 5.88 Å². The summed E-state index contributed by atoms with van der Waals surface area (Å²) >= 11 is 0. The van der Waals surface area contributed by atoms with Crippen LogP contribution in [0.5, 0.6) is 5.88 Å². The molecule has 10 heteroatoms. The second-order valence-electron chi connectivity index (χ2n) is 4.34. The van der Waals surface area contributed by atoms with Crippen LogP contribution in [0.4, 0.5) is 5.69 Å². The highest BCUT2D eigenvalue weighted by molar-refractivity contribution is 5.85. The zero-order valence-corrected chi connectivity index (χ0v) is 13.4. The summed E-state index contributed by atoms with van der Waals surface area (Å²) in [5.74, 6) is 2.05. The van der Waals surface area contributed by atoms with E-state index in [-0.39, 0.29) is 29.9 Å². The number of ether oxygens (including phenoxy) is 1. The van der Waals surface area contributed by atoms with E-state index in [9.17, 15) is 4.79 Å². The predicted octanol–water partition coefficient (Wildman–Crippen LogP) is 0.788. The molecular weight excluding hydrogens is 336 g/mol. The Morgan fingerprint density at radius 1 is 1.33 bits per heavy atom. The Morgan fingerprint density at radius 3 is 2.67 bits per heavy atom. The summed E-state index contributed by atoms with van der Waals surface area (Å²) in [4.78, 5) is 10.8. The molecule has 1 atom stereocenters. The van der Waals surface area contributed by atoms with Crippen LogP contribution < -0.4 is 16.2 Å². The number of rotatable bonds is 4. The first-order valence-corrected chi connectivity index (χ1v) is 6.75. The lowest BCUT2D eigenvalue weighted by Gasteiger charge is -2.10. The standard InChI is InChI=1S/C12H13N3O3.C2H3N3.ClH/c13-5-6-17-12-10(14)11(18-15-12)9-4-2-1-3-8(9)7-16;1-2-4-5-3-1;/h1-4,9H,5-6,13-14H2;1-2H,(H,3,4,5);1H. The number of carbonyl (C=O) groups excluding carboxylic acids is 1. The fourth-order valence-corrected chi connectivity index (χ4v) is 1.81. The first-order valence-electron chi connectivity index (χ1n) is 6.75. The molecule has 5 N–H and O–H groups in total. The van der Waals surface area contributed by atoms with Crippen LogP contribution in [0.1, 0.15) is 11.7 Å². The lowest BCUT2D eigenvalue weighted by molar-refractivity contribution is 0.282. The van der Waals surface area contributed by atoms with Gasteiger partial charge in [-0.15, -0.1) is 12.4 Å². The minimum atomic E-state index is -0.379. The number of aromatic amines is 1. The van der Waals surface area contributed by atoms with Gasteiger partial charge in [0.2, 0.25) is 0 Å². The SMILES string of the molecule is Cl.NCCOc1noc(C2C=CC=CC2=C=O)c1N.c1cn[nH]n1. The lowest BCUT2D eigenvalue weighted by Crippen LogP contribution is -2.11. The second-order valence-corrected chi connectivity index (χ2v) is 4.34. The molecule has 0 aliphatic heterocycles. The quantitative estimate of drug-likeness (QED) is 0.684. The Bertz CT molecular complexity index is 702. The fourth-order valence-electron chi connectivity index (χ4n) is 1.81. The molecule has 1 aliphatic rings. The zero-order chi connectivity index (χ0) is 16.5. The van der Waals surface area contributed by atoms with Crippen LogP contribution >= 0.6 is 12.4 Å². The molecule has 0 saturated heterocycles. The van der Waals surface area contributed by atoms with Crippen LogP contribution in [0.3, 0.4) is 0 Å². The number of hydrogen-bond acceptors (Lipinski definition) is 8. The zero-order valence-electron chi connectivity index (χ0n) is 12.6. The molecule has 1 unspecified atom stereocenters. The molecule has 9 nitrogen and oxygen atoms in total. The van der Waals surface area contributed by atoms with E-state index < -0.39 is 0 Å². The van der Waals surface area contributed by atoms with Crippen LogP contribution in [-0.4, -0.2) is 39.7 Å². The van der Waals surface area contributed by atoms with Crippen molar-refractivity contribution < 1.29 is 14.1 Å². The van der Waals surface area contributed by atoms with E-state index >= 15 is 0 Å². The van der Waals surface area contributed by atoms with Crippen molar-refractivity contribution in [2.45, 2.75) is 5.92 Å². The van der Waals surface area contributed by atoms with Gasteiger partial charge in [-0.25, -0.2) is 4.79 Å². The third-order valence-electron chi connectivity index (χ3n) is 2.84. The molecule has 128 valence electrons. The molecule has 0 amide bonds. The molecule has 24 heavy (non-hydrogen) atoms. The van der Waals surface area contributed by atoms with Gasteiger partial charge in [0.05, 0.1) is 23.9 Å². The fraction of sp³-hybridized carbons (Fsp3) is 0.214. The number of nitrogens with two attached hydrogens (primary N) is 2. The molecular formula is C14H17ClN6O3. The number of halogens is 1. The smallest absolute Gasteiger partial charge is 0.278 e. The van der Waals surface area contributed by atoms with Gasteiger partial charge in [-0.1, -0.05) is 18.2 Å². The van der Waals surface area contributed by atoms with Crippen molar-refractivity contribution in [3.05, 3.63) is 48.0 Å². The number of anilines is 1. The topological polar surface area (TPSA) is 146 Å². The van der Waals surface area contributed by atoms with Crippen LogP contribution in [0.2, 0.25) is 0 Å². The van der Waals surface area contributed by atoms with Gasteiger partial charge in [0.15, 0.2) is 5.76 Å². The number of hydrogen-bond donors (Lipinski definition) is 3. The highest BCUT2D eigenvalue weighted by Crippen LogP contribution is 2.36. The Kier molecular flexibility index (Phi) is 8.00. The van der Waals surface area contributed by atoms with Gasteiger partial charge in [-0.3, -0.25) is 0 Å². The molecule has 0 radical (unpaired) electrons. The van der Waals surface area contributed by atoms with Crippen LogP contribution in [-0.2, 0) is 4.79 Å². The Morgan fingerprint density at radius 2 is 2.08 bits per heavy atom. The Labute approximate surface area is 143 Å². The maximum absolute atomic E-state index is 10.8. The van der Waals surface area contributed by atoms with Crippen molar-refractivity contribution in [3.63, 3.8) is 0 Å². The van der Waals surface area contributed by atoms with Gasteiger partial charge in [0.1, 0.15) is 18.2 Å². The predicted molar refractivity (Wildman–Crippen MR) is 89.3 cm³/mol. The van der Waals surface area contributed by atoms with Crippen LogP contribution in [0.15, 0.2) is 46.8 Å². The van der Waals surface area contributed by atoms with Crippen molar-refractivity contribution >= 4 is 24.0 Å². The van der Waals surface area contributed by atoms with Crippen LogP contribution in [0, 0.1) is 0 Å². The minimum absolute atomic E-state index is 0. The van der Waals surface area contributed by atoms with Crippen molar-refractivity contribution in [2.24, 2.45) is 5.73 Å². The third-order valence-corrected chi connectivity index (χ3v) is 2.84. The molecule has 0 spiro atoms. The van der Waals surface area contributed by atoms with E-state index in [1.54, 1.807) is 36.7 Å². The van der Waals surface area contributed by atoms with E-state index in [4.69, 9.17) is 20.7 Å². The summed E-state index contributed by atoms with van der Waals surface area (Å²) in [6, 6.07) is 0. The Balaban J connectivity index is 0.000000412. The largest absolute Gasteiger partial charge is 0.473 e. The molecule has 2 heterocycles. The average Bonchev–Trinajstić information content (AvgIpc) is 3.27. The van der Waals surface area contributed by atoms with Gasteiger partial charge in [0, 0.05) is 6.54 Å². The van der Waals surface area contributed by atoms with Gasteiger partial charge in [-0.05, 0) is 11.2 Å². The lowest BCUT2D eigenvalue weighted by atomic mass is 9.93. The highest BCUT2D eigenvalue weighted by atomic mass is 35.5. The van der Waals surface area contributed by atoms with E-state index in [1.807, 2.05) is 5.94 Å². The van der Waals surface area contributed by atoms with Gasteiger partial charge < -0.3 is 20.7 Å². The number of nitrogen functional groups attached to an aromatic ring is 1. The second kappa shape index (κ2) is 10.0. The highest BCUT2D eigenvalue weighted by Gasteiger charge is 2.25. The summed E-state index contributed by atoms with van der Waals surface area (Å²) in [5, 5.41) is 13.1. The summed E-state index contributed by atoms with van der Waals surface area (Å²) in [5.41, 5.74) is 11.9. The van der Waals surface area contributed by atoms with Crippen molar-refractivity contribution in [2.75, 3.05) is 18.9 Å². The number of nitrogens with zero attached hydrogens (tertiary/aromatic N) is 3. The maximum Gasteiger partial charge on any atom is 0.278 e. The van der Waals surface area contributed by atoms with Gasteiger partial charge >= 0.3 is 0 Å². The third kappa shape index (κ3) is 4.82. The average molecular weight is 353 g/mol. The summed E-state index contributed by atoms with van der Waals surface area (Å²) in [6.07, 6.45) is 10.1. The molecule has 0 aromatic carbocycles. The molecule has 2 aromatic rings. The van der Waals surface area contributed by atoms with Crippen molar-refractivity contribution in [3.8, 4) is 5.88 Å². The van der Waals surface area contributed by atoms with E-state index in [0.717, 1.165) is 0 Å². The van der Waals surface area contributed by atoms with E-state index in [2.05, 4.69) is 20.6 Å². The molecule has 1 aliphatic carbocycles. The number of H-pyrrole nitrogens is 1. The first kappa shape index (κ1) is 19.2. The summed E-state index contributed by atoms with van der Waals surface area (Å²) in [6.45, 7) is 0.653. The van der Waals surface area contributed by atoms with E-state index in [0.29, 0.717) is 24.5 Å². The molecule has 0 bridgehead atoms. The molecule has 0 fully saturated rings. The first-order chi connectivity index (χ1) is 11.3. The van der Waals surface area contributed by atoms with Gasteiger partial charge in [-0.2, -0.15) is 15.4 Å². The number of allylic oxidation sites excluding steroid dienone is 5. The van der Waals surface area contributed by atoms with Crippen LogP contribution in [0.25, 0.3) is 0 Å². The normalized spacial score (nSPS) is 15.0. The van der Waals surface area contributed by atoms with Crippen molar-refractivity contribution in [1.82, 2.24) is 20.6 Å². The summed E-state index contributed by atoms with van der Waals surface area (Å²) in [7, 11) is 0. The summed E-state index contributed by atoms with van der Waals surface area (Å²) < 4.78 is 10.4. The monoisotopic (exact) mass is 352 g/mol. The Hall–Kier alpha value is -2.87. The minimum Gasteiger partial charge on any atom is -0.473 e. The molecule has 0 saturated carbocycles. The number of nitrogens with one attached hydrogen (secondary N) is 1. The molecule has 3 rings (SSSR count). The molecule has 2 aromatic heterocycles. The van der Waals surface area contributed by atoms with Crippen molar-refractivity contribution in [1.29, 1.82) is 0 Å². The van der Waals surface area contributed by atoms with E-state index in [1.165, 1.54) is 0 Å². The maximum atomic E-state index is 10.8.